The average molecular weight is 951 g/mol. The lowest BCUT2D eigenvalue weighted by molar-refractivity contribution is -0.143. The molecule has 0 saturated carbocycles. The highest BCUT2D eigenvalue weighted by molar-refractivity contribution is 6.40. The van der Waals surface area contributed by atoms with E-state index in [9.17, 15) is 24.0 Å². The summed E-state index contributed by atoms with van der Waals surface area (Å²) in [6.07, 6.45) is 6.57. The number of nitrogens with one attached hydrogen (secondary N) is 3. The van der Waals surface area contributed by atoms with Gasteiger partial charge in [-0.25, -0.2) is 9.59 Å². The molecule has 4 aromatic carbocycles. The minimum Gasteiger partial charge on any atom is -0.467 e. The predicted molar refractivity (Wildman–Crippen MR) is 254 cm³/mol. The molecule has 0 spiro atoms. The maximum absolute atomic E-state index is 12.8. The van der Waals surface area contributed by atoms with E-state index in [1.54, 1.807) is 36.4 Å². The van der Waals surface area contributed by atoms with Gasteiger partial charge in [0.1, 0.15) is 12.1 Å². The third kappa shape index (κ3) is 13.4. The first kappa shape index (κ1) is 49.8. The highest BCUT2D eigenvalue weighted by Crippen LogP contribution is 2.28. The summed E-state index contributed by atoms with van der Waals surface area (Å²) >= 11 is 24.5. The summed E-state index contributed by atoms with van der Waals surface area (Å²) in [6, 6.07) is 23.6. The SMILES string of the molecule is COC(=O)[C@H](Cc1ccc(C2=CCN(C(=O)C(C)(C)C)CC2)cc1)NC(=O)c1c(Cl)cccc1Cl.COC(=O)[C@H](Cc1ccc(C2=CCNCC2)cc1)NC(=O)c1c(Cl)cccc1Cl. The molecule has 2 aliphatic rings. The Morgan fingerprint density at radius 3 is 1.41 bits per heavy atom. The zero-order valence-electron chi connectivity index (χ0n) is 36.4. The first-order valence-corrected chi connectivity index (χ1v) is 22.2. The van der Waals surface area contributed by atoms with Crippen LogP contribution in [0.15, 0.2) is 97.1 Å². The number of nitrogens with zero attached hydrogens (tertiary/aromatic N) is 1. The Morgan fingerprint density at radius 2 is 1.06 bits per heavy atom. The Hall–Kier alpha value is -5.17. The molecule has 64 heavy (non-hydrogen) atoms. The standard InChI is InChI=1S/C27H30Cl2N2O4.C22H22Cl2N2O3/c1-27(2,3)26(34)31-14-12-19(13-15-31)18-10-8-17(9-11-18)16-22(25(33)35-4)30-24(32)23-20(28)6-5-7-21(23)29;1-29-22(28)19(26-21(27)20-17(23)3-2-4-18(20)24)13-14-5-7-15(8-6-14)16-9-11-25-12-10-16/h5-12,22H,13-16H2,1-4H3,(H,30,32);2-9,19,25H,10-13H2,1H3,(H,26,27)/t22-;19-/m00/s1. The van der Waals surface area contributed by atoms with E-state index < -0.39 is 41.3 Å². The number of methoxy groups -OCH3 is 2. The number of hydrogen-bond donors (Lipinski definition) is 3. The summed E-state index contributed by atoms with van der Waals surface area (Å²) in [5, 5.41) is 9.51. The Morgan fingerprint density at radius 1 is 0.641 bits per heavy atom. The van der Waals surface area contributed by atoms with Crippen molar-refractivity contribution >= 4 is 87.2 Å². The van der Waals surface area contributed by atoms with E-state index in [1.165, 1.54) is 25.4 Å². The van der Waals surface area contributed by atoms with E-state index in [0.29, 0.717) is 19.5 Å². The highest BCUT2D eigenvalue weighted by atomic mass is 35.5. The van der Waals surface area contributed by atoms with Crippen molar-refractivity contribution in [3.05, 3.63) is 151 Å². The summed E-state index contributed by atoms with van der Waals surface area (Å²) in [5.74, 6) is -2.02. The van der Waals surface area contributed by atoms with E-state index in [4.69, 9.17) is 55.9 Å². The maximum Gasteiger partial charge on any atom is 0.328 e. The number of esters is 2. The quantitative estimate of drug-likeness (QED) is 0.120. The van der Waals surface area contributed by atoms with Gasteiger partial charge in [0.05, 0.1) is 45.4 Å². The van der Waals surface area contributed by atoms with Crippen molar-refractivity contribution in [2.45, 2.75) is 58.5 Å². The fourth-order valence-corrected chi connectivity index (χ4v) is 8.36. The molecule has 2 atom stereocenters. The zero-order valence-corrected chi connectivity index (χ0v) is 39.4. The lowest BCUT2D eigenvalue weighted by Crippen LogP contribution is -2.43. The molecule has 0 bridgehead atoms. The number of rotatable bonds is 12. The summed E-state index contributed by atoms with van der Waals surface area (Å²) < 4.78 is 9.76. The fourth-order valence-electron chi connectivity index (χ4n) is 7.22. The molecule has 2 heterocycles. The Balaban J connectivity index is 0.000000245. The highest BCUT2D eigenvalue weighted by Gasteiger charge is 2.29. The van der Waals surface area contributed by atoms with Gasteiger partial charge < -0.3 is 30.3 Å². The largest absolute Gasteiger partial charge is 0.467 e. The van der Waals surface area contributed by atoms with Crippen LogP contribution < -0.4 is 16.0 Å². The molecule has 6 rings (SSSR count). The molecule has 338 valence electrons. The van der Waals surface area contributed by atoms with Crippen molar-refractivity contribution in [3.63, 3.8) is 0 Å². The molecule has 3 amide bonds. The minimum atomic E-state index is -0.906. The molecule has 0 unspecified atom stereocenters. The van der Waals surface area contributed by atoms with Gasteiger partial charge in [-0.05, 0) is 77.1 Å². The zero-order chi connectivity index (χ0) is 46.6. The molecule has 2 aliphatic heterocycles. The molecule has 11 nitrogen and oxygen atoms in total. The predicted octanol–water partition coefficient (Wildman–Crippen LogP) is 9.05. The van der Waals surface area contributed by atoms with E-state index in [1.807, 2.05) is 74.2 Å². The van der Waals surface area contributed by atoms with Gasteiger partial charge in [0.2, 0.25) is 5.91 Å². The smallest absolute Gasteiger partial charge is 0.328 e. The van der Waals surface area contributed by atoms with Crippen molar-refractivity contribution in [1.82, 2.24) is 20.9 Å². The number of carbonyl (C=O) groups excluding carboxylic acids is 5. The number of amides is 3. The molecule has 0 aliphatic carbocycles. The van der Waals surface area contributed by atoms with Gasteiger partial charge in [0.15, 0.2) is 0 Å². The van der Waals surface area contributed by atoms with Gasteiger partial charge in [-0.2, -0.15) is 0 Å². The summed E-state index contributed by atoms with van der Waals surface area (Å²) in [7, 11) is 2.56. The third-order valence-corrected chi connectivity index (χ3v) is 12.0. The van der Waals surface area contributed by atoms with Crippen LogP contribution in [0.3, 0.4) is 0 Å². The molecule has 4 aromatic rings. The lowest BCUT2D eigenvalue weighted by atomic mass is 9.92. The van der Waals surface area contributed by atoms with Gasteiger partial charge in [0, 0.05) is 37.9 Å². The first-order chi connectivity index (χ1) is 30.5. The topological polar surface area (TPSA) is 143 Å². The lowest BCUT2D eigenvalue weighted by Gasteiger charge is -2.32. The van der Waals surface area contributed by atoms with Crippen LogP contribution in [0.4, 0.5) is 0 Å². The molecule has 0 fully saturated rings. The number of halogens is 4. The van der Waals surface area contributed by atoms with Crippen molar-refractivity contribution < 1.29 is 33.4 Å². The summed E-state index contributed by atoms with van der Waals surface area (Å²) in [5.41, 5.74) is 6.34. The second-order valence-corrected chi connectivity index (χ2v) is 17.9. The second-order valence-electron chi connectivity index (χ2n) is 16.3. The average Bonchev–Trinajstić information content (AvgIpc) is 3.28. The fraction of sp³-hybridized carbons (Fsp3) is 0.327. The maximum atomic E-state index is 12.8. The molecule has 15 heteroatoms. The number of carbonyl (C=O) groups is 5. The van der Waals surface area contributed by atoms with Crippen molar-refractivity contribution in [1.29, 1.82) is 0 Å². The Bertz CT molecular complexity index is 2350. The van der Waals surface area contributed by atoms with Crippen LogP contribution in [0.2, 0.25) is 20.1 Å². The van der Waals surface area contributed by atoms with Crippen LogP contribution in [0, 0.1) is 5.41 Å². The number of benzene rings is 4. The van der Waals surface area contributed by atoms with Crippen molar-refractivity contribution in [2.24, 2.45) is 5.41 Å². The van der Waals surface area contributed by atoms with Gasteiger partial charge in [-0.3, -0.25) is 14.4 Å². The summed E-state index contributed by atoms with van der Waals surface area (Å²) in [6.45, 7) is 8.91. The van der Waals surface area contributed by atoms with Crippen LogP contribution in [-0.4, -0.2) is 87.0 Å². The summed E-state index contributed by atoms with van der Waals surface area (Å²) in [4.78, 5) is 64.5. The van der Waals surface area contributed by atoms with E-state index >= 15 is 0 Å². The van der Waals surface area contributed by atoms with Gasteiger partial charge in [-0.1, -0.05) is 140 Å². The van der Waals surface area contributed by atoms with Crippen molar-refractivity contribution in [2.75, 3.05) is 40.4 Å². The van der Waals surface area contributed by atoms with Crippen molar-refractivity contribution in [3.8, 4) is 0 Å². The Labute approximate surface area is 394 Å². The first-order valence-electron chi connectivity index (χ1n) is 20.7. The minimum absolute atomic E-state index is 0.114. The molecule has 0 radical (unpaired) electrons. The Kier molecular flexibility index (Phi) is 18.0. The normalized spacial score (nSPS) is 14.7. The number of ether oxygens (including phenoxy) is 2. The third-order valence-electron chi connectivity index (χ3n) is 10.7. The van der Waals surface area contributed by atoms with Crippen LogP contribution in [0.25, 0.3) is 11.1 Å². The van der Waals surface area contributed by atoms with Gasteiger partial charge >= 0.3 is 11.9 Å². The molecule has 0 aromatic heterocycles. The van der Waals surface area contributed by atoms with Crippen LogP contribution in [-0.2, 0) is 36.7 Å². The van der Waals surface area contributed by atoms with Crippen LogP contribution in [0.1, 0.15) is 76.6 Å². The molecule has 3 N–H and O–H groups in total. The van der Waals surface area contributed by atoms with Crippen LogP contribution in [0.5, 0.6) is 0 Å². The monoisotopic (exact) mass is 948 g/mol. The molecule has 0 saturated heterocycles. The van der Waals surface area contributed by atoms with Crippen LogP contribution >= 0.6 is 46.4 Å². The van der Waals surface area contributed by atoms with E-state index in [2.05, 4.69) is 28.1 Å². The van der Waals surface area contributed by atoms with E-state index in [-0.39, 0.29) is 43.5 Å². The molecular weight excluding hydrogens is 898 g/mol. The van der Waals surface area contributed by atoms with Gasteiger partial charge in [-0.15, -0.1) is 0 Å². The molecular formula is C49H52Cl4N4O7. The van der Waals surface area contributed by atoms with Gasteiger partial charge in [0.25, 0.3) is 11.8 Å². The van der Waals surface area contributed by atoms with E-state index in [0.717, 1.165) is 48.2 Å². The number of hydrogen-bond acceptors (Lipinski definition) is 8. The second kappa shape index (κ2) is 23.1.